The van der Waals surface area contributed by atoms with E-state index >= 15 is 4.39 Å². The largest absolute Gasteiger partial charge is 0.433 e. The molecule has 0 atom stereocenters. The van der Waals surface area contributed by atoms with Crippen molar-refractivity contribution in [2.24, 2.45) is 0 Å². The minimum atomic E-state index is -4.71. The summed E-state index contributed by atoms with van der Waals surface area (Å²) >= 11 is 6.29. The number of amides is 1. The minimum absolute atomic E-state index is 0.0141. The standard InChI is InChI=1S/C25H21ClF5N3O2/c26-19-10-18(23-16(7-13(27)8-21(23)32)12-1-3-15(35)4-2-12)20(28)11-17(19)24(36)34-14-5-6-33-22(9-14)25(29,30)31/h5-12,15,35H,1-4,32H2,(H,33,34,36). The molecule has 1 aromatic heterocycles. The molecule has 2 aromatic carbocycles. The van der Waals surface area contributed by atoms with Gasteiger partial charge < -0.3 is 16.2 Å². The molecule has 4 N–H and O–H groups in total. The third-order valence-electron chi connectivity index (χ3n) is 6.18. The maximum atomic E-state index is 15.3. The lowest BCUT2D eigenvalue weighted by Gasteiger charge is -2.28. The van der Waals surface area contributed by atoms with Gasteiger partial charge in [0, 0.05) is 28.7 Å². The molecule has 1 heterocycles. The average molecular weight is 526 g/mol. The molecule has 5 nitrogen and oxygen atoms in total. The maximum absolute atomic E-state index is 15.3. The summed E-state index contributed by atoms with van der Waals surface area (Å²) < 4.78 is 68.3. The van der Waals surface area contributed by atoms with Gasteiger partial charge in [0.05, 0.1) is 16.7 Å². The van der Waals surface area contributed by atoms with Crippen LogP contribution in [0, 0.1) is 11.6 Å². The molecule has 0 saturated heterocycles. The number of aromatic nitrogens is 1. The number of pyridine rings is 1. The summed E-state index contributed by atoms with van der Waals surface area (Å²) in [6, 6.07) is 6.18. The number of hydrogen-bond acceptors (Lipinski definition) is 4. The van der Waals surface area contributed by atoms with Gasteiger partial charge in [0.25, 0.3) is 5.91 Å². The highest BCUT2D eigenvalue weighted by atomic mass is 35.5. The number of halogens is 6. The van der Waals surface area contributed by atoms with E-state index in [0.717, 1.165) is 24.4 Å². The number of alkyl halides is 3. The van der Waals surface area contributed by atoms with E-state index in [1.165, 1.54) is 12.1 Å². The lowest BCUT2D eigenvalue weighted by Crippen LogP contribution is -2.18. The first-order valence-corrected chi connectivity index (χ1v) is 11.4. The van der Waals surface area contributed by atoms with Crippen molar-refractivity contribution in [2.75, 3.05) is 11.1 Å². The normalized spacial score (nSPS) is 18.2. The zero-order chi connectivity index (χ0) is 26.2. The van der Waals surface area contributed by atoms with Gasteiger partial charge in [-0.25, -0.2) is 8.78 Å². The molecular formula is C25H21ClF5N3O2. The Labute approximate surface area is 208 Å². The molecule has 0 radical (unpaired) electrons. The molecule has 1 aliphatic carbocycles. The number of benzene rings is 2. The smallest absolute Gasteiger partial charge is 0.398 e. The first-order valence-electron chi connectivity index (χ1n) is 11.0. The van der Waals surface area contributed by atoms with Crippen LogP contribution in [0.5, 0.6) is 0 Å². The van der Waals surface area contributed by atoms with Gasteiger partial charge in [0.2, 0.25) is 0 Å². The van der Waals surface area contributed by atoms with Gasteiger partial charge in [-0.2, -0.15) is 13.2 Å². The van der Waals surface area contributed by atoms with Gasteiger partial charge in [-0.05, 0) is 73.6 Å². The van der Waals surface area contributed by atoms with Crippen LogP contribution < -0.4 is 11.1 Å². The van der Waals surface area contributed by atoms with Crippen molar-refractivity contribution in [3.05, 3.63) is 76.1 Å². The average Bonchev–Trinajstić information content (AvgIpc) is 2.80. The van der Waals surface area contributed by atoms with Crippen LogP contribution in [0.3, 0.4) is 0 Å². The molecule has 11 heteroatoms. The Balaban J connectivity index is 1.69. The van der Waals surface area contributed by atoms with Crippen LogP contribution >= 0.6 is 11.6 Å². The van der Waals surface area contributed by atoms with Crippen molar-refractivity contribution in [1.29, 1.82) is 0 Å². The fraction of sp³-hybridized carbons (Fsp3) is 0.280. The number of carbonyl (C=O) groups excluding carboxylic acids is 1. The number of hydrogen-bond donors (Lipinski definition) is 3. The summed E-state index contributed by atoms with van der Waals surface area (Å²) in [7, 11) is 0. The van der Waals surface area contributed by atoms with E-state index in [1.807, 2.05) is 0 Å². The summed E-state index contributed by atoms with van der Waals surface area (Å²) in [6.45, 7) is 0. The fourth-order valence-corrected chi connectivity index (χ4v) is 4.69. The molecule has 1 fully saturated rings. The van der Waals surface area contributed by atoms with Gasteiger partial charge in [0.1, 0.15) is 17.3 Å². The molecule has 0 spiro atoms. The van der Waals surface area contributed by atoms with E-state index < -0.39 is 35.5 Å². The second-order valence-corrected chi connectivity index (χ2v) is 9.07. The molecule has 0 unspecified atom stereocenters. The summed E-state index contributed by atoms with van der Waals surface area (Å²) in [5.74, 6) is -2.56. The maximum Gasteiger partial charge on any atom is 0.433 e. The molecule has 3 aromatic rings. The van der Waals surface area contributed by atoms with Crippen molar-refractivity contribution >= 4 is 28.9 Å². The van der Waals surface area contributed by atoms with Crippen LogP contribution in [0.1, 0.15) is 53.2 Å². The van der Waals surface area contributed by atoms with Crippen LogP contribution in [0.2, 0.25) is 5.02 Å². The summed E-state index contributed by atoms with van der Waals surface area (Å²) in [5, 5.41) is 11.9. The number of nitrogens with two attached hydrogens (primary N) is 1. The van der Waals surface area contributed by atoms with Crippen molar-refractivity contribution in [2.45, 2.75) is 43.9 Å². The minimum Gasteiger partial charge on any atom is -0.398 e. The van der Waals surface area contributed by atoms with E-state index in [-0.39, 0.29) is 39.0 Å². The van der Waals surface area contributed by atoms with E-state index in [0.29, 0.717) is 37.3 Å². The highest BCUT2D eigenvalue weighted by molar-refractivity contribution is 6.34. The van der Waals surface area contributed by atoms with Crippen LogP contribution in [-0.4, -0.2) is 22.1 Å². The highest BCUT2D eigenvalue weighted by Crippen LogP contribution is 2.43. The number of nitrogens with one attached hydrogen (secondary N) is 1. The Morgan fingerprint density at radius 3 is 2.44 bits per heavy atom. The Bertz CT molecular complexity index is 1310. The SMILES string of the molecule is Nc1cc(F)cc(C2CCC(O)CC2)c1-c1cc(Cl)c(C(=O)Nc2ccnc(C(F)(F)F)c2)cc1F. The number of carbonyl (C=O) groups is 1. The molecule has 0 aliphatic heterocycles. The Morgan fingerprint density at radius 1 is 1.08 bits per heavy atom. The fourth-order valence-electron chi connectivity index (χ4n) is 4.44. The molecule has 1 aliphatic rings. The first-order chi connectivity index (χ1) is 16.9. The number of aliphatic hydroxyl groups is 1. The van der Waals surface area contributed by atoms with E-state index in [4.69, 9.17) is 17.3 Å². The van der Waals surface area contributed by atoms with Gasteiger partial charge in [-0.1, -0.05) is 11.6 Å². The quantitative estimate of drug-likeness (QED) is 0.266. The number of aliphatic hydroxyl groups excluding tert-OH is 1. The lowest BCUT2D eigenvalue weighted by atomic mass is 9.79. The van der Waals surface area contributed by atoms with Gasteiger partial charge in [-0.3, -0.25) is 9.78 Å². The predicted molar refractivity (Wildman–Crippen MR) is 126 cm³/mol. The van der Waals surface area contributed by atoms with E-state index in [1.54, 1.807) is 0 Å². The van der Waals surface area contributed by atoms with E-state index in [2.05, 4.69) is 10.3 Å². The number of anilines is 2. The van der Waals surface area contributed by atoms with Crippen LogP contribution in [0.15, 0.2) is 42.6 Å². The van der Waals surface area contributed by atoms with Crippen molar-refractivity contribution in [3.63, 3.8) is 0 Å². The third-order valence-corrected chi connectivity index (χ3v) is 6.49. The van der Waals surface area contributed by atoms with Gasteiger partial charge in [-0.15, -0.1) is 0 Å². The summed E-state index contributed by atoms with van der Waals surface area (Å²) in [6.07, 6.45) is -2.16. The molecular weight excluding hydrogens is 505 g/mol. The lowest BCUT2D eigenvalue weighted by molar-refractivity contribution is -0.141. The molecule has 36 heavy (non-hydrogen) atoms. The summed E-state index contributed by atoms with van der Waals surface area (Å²) in [5.41, 5.74) is 5.02. The molecule has 4 rings (SSSR count). The molecule has 1 amide bonds. The highest BCUT2D eigenvalue weighted by Gasteiger charge is 2.33. The van der Waals surface area contributed by atoms with E-state index in [9.17, 15) is 27.5 Å². The van der Waals surface area contributed by atoms with Crippen molar-refractivity contribution < 1.29 is 31.9 Å². The topological polar surface area (TPSA) is 88.2 Å². The number of nitrogens with zero attached hydrogens (tertiary/aromatic N) is 1. The van der Waals surface area contributed by atoms with Crippen LogP contribution in [0.4, 0.5) is 33.3 Å². The van der Waals surface area contributed by atoms with Crippen molar-refractivity contribution in [1.82, 2.24) is 4.98 Å². The second-order valence-electron chi connectivity index (χ2n) is 8.66. The Hall–Kier alpha value is -3.24. The number of nitrogen functional groups attached to an aromatic ring is 1. The number of rotatable bonds is 4. The third kappa shape index (κ3) is 5.44. The zero-order valence-electron chi connectivity index (χ0n) is 18.7. The Morgan fingerprint density at radius 2 is 1.78 bits per heavy atom. The molecule has 1 saturated carbocycles. The molecule has 190 valence electrons. The van der Waals surface area contributed by atoms with Crippen molar-refractivity contribution in [3.8, 4) is 11.1 Å². The van der Waals surface area contributed by atoms with Gasteiger partial charge >= 0.3 is 6.18 Å². The van der Waals surface area contributed by atoms with Gasteiger partial charge in [0.15, 0.2) is 0 Å². The summed E-state index contributed by atoms with van der Waals surface area (Å²) in [4.78, 5) is 15.9. The van der Waals surface area contributed by atoms with Crippen LogP contribution in [0.25, 0.3) is 11.1 Å². The predicted octanol–water partition coefficient (Wildman–Crippen LogP) is 6.55. The zero-order valence-corrected chi connectivity index (χ0v) is 19.4. The monoisotopic (exact) mass is 525 g/mol. The molecule has 0 bridgehead atoms. The first kappa shape index (κ1) is 25.8. The van der Waals surface area contributed by atoms with Crippen LogP contribution in [-0.2, 0) is 6.18 Å². The second kappa shape index (κ2) is 10.0. The Kier molecular flexibility index (Phi) is 7.19.